The Balaban J connectivity index is 3.52. The minimum absolute atomic E-state index is 0.0225. The van der Waals surface area contributed by atoms with Gasteiger partial charge in [-0.15, -0.1) is 0 Å². The van der Waals surface area contributed by atoms with Gasteiger partial charge in [-0.1, -0.05) is 34.1 Å². The lowest BCUT2D eigenvalue weighted by molar-refractivity contribution is 0.788. The van der Waals surface area contributed by atoms with Crippen LogP contribution in [-0.2, 0) is 0 Å². The highest BCUT2D eigenvalue weighted by Gasteiger charge is 2.14. The zero-order valence-electron chi connectivity index (χ0n) is 7.78. The normalized spacial score (nSPS) is 17.1. The molecule has 1 atom stereocenters. The van der Waals surface area contributed by atoms with E-state index in [9.17, 15) is 0 Å². The summed E-state index contributed by atoms with van der Waals surface area (Å²) in [6.45, 7) is 9.12. The third-order valence-corrected chi connectivity index (χ3v) is 4.48. The summed E-state index contributed by atoms with van der Waals surface area (Å²) in [6, 6.07) is 0. The first kappa shape index (κ1) is 10.3. The maximum Gasteiger partial charge on any atom is -0.0107 e. The smallest absolute Gasteiger partial charge is 0.0107 e. The van der Waals surface area contributed by atoms with E-state index < -0.39 is 0 Å². The molecule has 0 amide bonds. The molecular formula is C9H21S. The molecule has 0 fully saturated rings. The molecule has 1 unspecified atom stereocenters. The van der Waals surface area contributed by atoms with E-state index in [-0.39, 0.29) is 10.9 Å². The number of rotatable bonds is 3. The number of hydrogen-bond acceptors (Lipinski definition) is 0. The quantitative estimate of drug-likeness (QED) is 0.603. The summed E-state index contributed by atoms with van der Waals surface area (Å²) in [7, 11) is 0.0225. The molecule has 63 valence electrons. The lowest BCUT2D eigenvalue weighted by Crippen LogP contribution is -2.14. The Labute approximate surface area is 68.7 Å². The Hall–Kier alpha value is 0.350. The van der Waals surface area contributed by atoms with Gasteiger partial charge in [-0.25, -0.2) is 10.9 Å². The third-order valence-electron chi connectivity index (χ3n) is 1.73. The van der Waals surface area contributed by atoms with Crippen LogP contribution in [0.1, 0.15) is 40.5 Å². The average molecular weight is 161 g/mol. The molecule has 10 heavy (non-hydrogen) atoms. The molecule has 0 rings (SSSR count). The molecule has 0 spiro atoms. The molecule has 0 saturated carbocycles. The van der Waals surface area contributed by atoms with Crippen molar-refractivity contribution in [3.63, 3.8) is 0 Å². The molecule has 0 aromatic heterocycles. The molecule has 0 aromatic rings. The second-order valence-corrected chi connectivity index (χ2v) is 6.66. The van der Waals surface area contributed by atoms with Crippen LogP contribution >= 0.6 is 10.9 Å². The molecule has 0 aliphatic rings. The SMILES string of the molecule is [CH2][SH](CCCC)C(C)(C)C. The van der Waals surface area contributed by atoms with Crippen LogP contribution in [0.4, 0.5) is 0 Å². The van der Waals surface area contributed by atoms with Crippen LogP contribution < -0.4 is 0 Å². The van der Waals surface area contributed by atoms with E-state index in [4.69, 9.17) is 0 Å². The van der Waals surface area contributed by atoms with Crippen molar-refractivity contribution in [1.82, 2.24) is 0 Å². The zero-order valence-corrected chi connectivity index (χ0v) is 8.67. The van der Waals surface area contributed by atoms with E-state index in [0.29, 0.717) is 4.75 Å². The van der Waals surface area contributed by atoms with Crippen molar-refractivity contribution in [1.29, 1.82) is 0 Å². The predicted molar refractivity (Wildman–Crippen MR) is 53.9 cm³/mol. The van der Waals surface area contributed by atoms with Crippen molar-refractivity contribution in [3.05, 3.63) is 6.26 Å². The molecule has 0 saturated heterocycles. The largest absolute Gasteiger partial charge is 0.248 e. The van der Waals surface area contributed by atoms with Gasteiger partial charge in [0, 0.05) is 0 Å². The number of thiol groups is 1. The molecule has 0 aliphatic heterocycles. The molecule has 0 aromatic carbocycles. The fourth-order valence-electron chi connectivity index (χ4n) is 0.684. The van der Waals surface area contributed by atoms with Gasteiger partial charge in [0.1, 0.15) is 0 Å². The molecule has 0 nitrogen and oxygen atoms in total. The van der Waals surface area contributed by atoms with Crippen molar-refractivity contribution in [2.24, 2.45) is 0 Å². The molecular weight excluding hydrogens is 140 g/mol. The molecule has 0 N–H and O–H groups in total. The van der Waals surface area contributed by atoms with Crippen molar-refractivity contribution in [2.45, 2.75) is 45.3 Å². The second kappa shape index (κ2) is 4.27. The molecule has 1 radical (unpaired) electrons. The predicted octanol–water partition coefficient (Wildman–Crippen LogP) is 3.38. The summed E-state index contributed by atoms with van der Waals surface area (Å²) in [5.41, 5.74) is 0. The van der Waals surface area contributed by atoms with Gasteiger partial charge in [-0.3, -0.25) is 0 Å². The van der Waals surface area contributed by atoms with E-state index in [1.165, 1.54) is 18.6 Å². The van der Waals surface area contributed by atoms with Crippen LogP contribution in [0.5, 0.6) is 0 Å². The first-order chi connectivity index (χ1) is 4.48. The Bertz CT molecular complexity index is 81.2. The van der Waals surface area contributed by atoms with Gasteiger partial charge in [0.15, 0.2) is 0 Å². The van der Waals surface area contributed by atoms with Gasteiger partial charge in [0.2, 0.25) is 0 Å². The summed E-state index contributed by atoms with van der Waals surface area (Å²) < 4.78 is 0.463. The minimum atomic E-state index is 0.0225. The first-order valence-electron chi connectivity index (χ1n) is 4.06. The van der Waals surface area contributed by atoms with E-state index >= 15 is 0 Å². The first-order valence-corrected chi connectivity index (χ1v) is 5.78. The third kappa shape index (κ3) is 4.21. The molecule has 0 bridgehead atoms. The summed E-state index contributed by atoms with van der Waals surface area (Å²) in [5, 5.41) is 0. The molecule has 0 heterocycles. The van der Waals surface area contributed by atoms with Gasteiger partial charge in [-0.2, -0.15) is 0 Å². The lowest BCUT2D eigenvalue weighted by Gasteiger charge is -2.31. The summed E-state index contributed by atoms with van der Waals surface area (Å²) >= 11 is 0. The van der Waals surface area contributed by atoms with Crippen LogP contribution in [0.25, 0.3) is 0 Å². The van der Waals surface area contributed by atoms with Gasteiger partial charge < -0.3 is 0 Å². The topological polar surface area (TPSA) is 0 Å². The summed E-state index contributed by atoms with van der Waals surface area (Å²) in [5.74, 6) is 1.34. The van der Waals surface area contributed by atoms with E-state index in [1.807, 2.05) is 0 Å². The van der Waals surface area contributed by atoms with Crippen molar-refractivity contribution in [3.8, 4) is 0 Å². The standard InChI is InChI=1S/C9H21S/c1-6-7-8-10(5)9(2,3)4/h10H,5-8H2,1-4H3. The summed E-state index contributed by atoms with van der Waals surface area (Å²) in [6.07, 6.45) is 6.88. The second-order valence-electron chi connectivity index (χ2n) is 3.79. The number of unbranched alkanes of at least 4 members (excludes halogenated alkanes) is 1. The van der Waals surface area contributed by atoms with Gasteiger partial charge >= 0.3 is 0 Å². The molecule has 0 aliphatic carbocycles. The lowest BCUT2D eigenvalue weighted by atomic mass is 10.3. The van der Waals surface area contributed by atoms with Gasteiger partial charge in [-0.05, 0) is 23.2 Å². The van der Waals surface area contributed by atoms with Crippen molar-refractivity contribution in [2.75, 3.05) is 5.75 Å². The average Bonchev–Trinajstić information content (AvgIpc) is 1.80. The van der Waals surface area contributed by atoms with Crippen LogP contribution in [0, 0.1) is 6.26 Å². The van der Waals surface area contributed by atoms with E-state index in [2.05, 4.69) is 34.0 Å². The summed E-state index contributed by atoms with van der Waals surface area (Å²) in [4.78, 5) is 0. The zero-order chi connectivity index (χ0) is 8.20. The highest BCUT2D eigenvalue weighted by Crippen LogP contribution is 2.39. The fraction of sp³-hybridized carbons (Fsp3) is 0.889. The van der Waals surface area contributed by atoms with Gasteiger partial charge in [0.25, 0.3) is 0 Å². The maximum absolute atomic E-state index is 4.21. The highest BCUT2D eigenvalue weighted by atomic mass is 32.2. The van der Waals surface area contributed by atoms with Crippen LogP contribution in [0.15, 0.2) is 0 Å². The van der Waals surface area contributed by atoms with Crippen molar-refractivity contribution < 1.29 is 0 Å². The van der Waals surface area contributed by atoms with Gasteiger partial charge in [0.05, 0.1) is 0 Å². The Morgan fingerprint density at radius 3 is 2.10 bits per heavy atom. The highest BCUT2D eigenvalue weighted by molar-refractivity contribution is 8.19. The Morgan fingerprint density at radius 2 is 1.80 bits per heavy atom. The van der Waals surface area contributed by atoms with E-state index in [0.717, 1.165) is 0 Å². The maximum atomic E-state index is 4.21. The van der Waals surface area contributed by atoms with Crippen LogP contribution in [-0.4, -0.2) is 10.5 Å². The Kier molecular flexibility index (Phi) is 4.42. The van der Waals surface area contributed by atoms with Crippen molar-refractivity contribution >= 4 is 10.9 Å². The fourth-order valence-corrected chi connectivity index (χ4v) is 2.05. The monoisotopic (exact) mass is 161 g/mol. The minimum Gasteiger partial charge on any atom is -0.248 e. The molecule has 1 heteroatoms. The van der Waals surface area contributed by atoms with E-state index in [1.54, 1.807) is 0 Å². The van der Waals surface area contributed by atoms with Crippen LogP contribution in [0.3, 0.4) is 0 Å². The Morgan fingerprint density at radius 1 is 1.30 bits per heavy atom. The number of hydrogen-bond donors (Lipinski definition) is 1. The van der Waals surface area contributed by atoms with Crippen LogP contribution in [0.2, 0.25) is 0 Å².